The second kappa shape index (κ2) is 7.66. The van der Waals surface area contributed by atoms with Gasteiger partial charge in [0.2, 0.25) is 5.76 Å². The highest BCUT2D eigenvalue weighted by Gasteiger charge is 2.42. The van der Waals surface area contributed by atoms with E-state index >= 15 is 0 Å². The first kappa shape index (κ1) is 20.3. The number of methoxy groups -OCH3 is 1. The van der Waals surface area contributed by atoms with Crippen molar-refractivity contribution in [3.05, 3.63) is 68.0 Å². The van der Waals surface area contributed by atoms with Crippen LogP contribution in [0.25, 0.3) is 11.0 Å². The van der Waals surface area contributed by atoms with Crippen LogP contribution in [0.4, 0.5) is 0 Å². The number of phenols is 1. The van der Waals surface area contributed by atoms with Gasteiger partial charge in [0.1, 0.15) is 5.58 Å². The second-order valence-corrected chi connectivity index (χ2v) is 7.59. The number of halogens is 1. The fourth-order valence-electron chi connectivity index (χ4n) is 3.82. The second-order valence-electron chi connectivity index (χ2n) is 7.18. The van der Waals surface area contributed by atoms with Gasteiger partial charge in [-0.05, 0) is 48.7 Å². The van der Waals surface area contributed by atoms with Crippen LogP contribution < -0.4 is 10.2 Å². The fourth-order valence-corrected chi connectivity index (χ4v) is 3.99. The van der Waals surface area contributed by atoms with E-state index in [4.69, 9.17) is 20.8 Å². The lowest BCUT2D eigenvalue weighted by atomic mass is 9.97. The van der Waals surface area contributed by atoms with E-state index in [1.807, 2.05) is 0 Å². The molecule has 0 aliphatic carbocycles. The quantitative estimate of drug-likeness (QED) is 0.644. The van der Waals surface area contributed by atoms with E-state index in [2.05, 4.69) is 0 Å². The molecule has 0 saturated heterocycles. The van der Waals surface area contributed by atoms with E-state index in [9.17, 15) is 19.8 Å². The summed E-state index contributed by atoms with van der Waals surface area (Å²) in [7, 11) is 1.42. The molecule has 0 fully saturated rings. The third kappa shape index (κ3) is 3.11. The Kier molecular flexibility index (Phi) is 5.17. The summed E-state index contributed by atoms with van der Waals surface area (Å²) in [6.07, 6.45) is 0.337. The van der Waals surface area contributed by atoms with Crippen LogP contribution in [0.3, 0.4) is 0 Å². The number of carbonyl (C=O) groups excluding carboxylic acids is 1. The van der Waals surface area contributed by atoms with Gasteiger partial charge in [-0.15, -0.1) is 0 Å². The molecule has 2 aromatic carbocycles. The number of aliphatic hydroxyl groups excluding tert-OH is 1. The van der Waals surface area contributed by atoms with Crippen molar-refractivity contribution in [2.24, 2.45) is 0 Å². The largest absolute Gasteiger partial charge is 0.504 e. The number of phenolic OH excluding ortho intramolecular Hbond substituents is 1. The third-order valence-electron chi connectivity index (χ3n) is 5.32. The smallest absolute Gasteiger partial charge is 0.290 e. The topological polar surface area (TPSA) is 100 Å². The van der Waals surface area contributed by atoms with Crippen LogP contribution in [0.1, 0.15) is 39.7 Å². The van der Waals surface area contributed by atoms with Crippen LogP contribution in [-0.2, 0) is 0 Å². The molecule has 30 heavy (non-hydrogen) atoms. The van der Waals surface area contributed by atoms with Crippen LogP contribution in [0.2, 0.25) is 5.02 Å². The molecule has 1 atom stereocenters. The van der Waals surface area contributed by atoms with Gasteiger partial charge in [0.25, 0.3) is 5.91 Å². The van der Waals surface area contributed by atoms with Crippen molar-refractivity contribution < 1.29 is 24.2 Å². The highest BCUT2D eigenvalue weighted by Crippen LogP contribution is 2.41. The van der Waals surface area contributed by atoms with E-state index in [0.717, 1.165) is 5.56 Å². The Balaban J connectivity index is 1.99. The highest BCUT2D eigenvalue weighted by molar-refractivity contribution is 6.32. The molecular weight excluding hydrogens is 410 g/mol. The first-order chi connectivity index (χ1) is 14.4. The Morgan fingerprint density at radius 3 is 2.70 bits per heavy atom. The van der Waals surface area contributed by atoms with E-state index in [0.29, 0.717) is 22.6 Å². The summed E-state index contributed by atoms with van der Waals surface area (Å²) in [6, 6.07) is 7.11. The summed E-state index contributed by atoms with van der Waals surface area (Å²) in [5.74, 6) is -0.286. The summed E-state index contributed by atoms with van der Waals surface area (Å²) in [6.45, 7) is 1.91. The van der Waals surface area contributed by atoms with E-state index in [1.165, 1.54) is 18.1 Å². The zero-order valence-electron chi connectivity index (χ0n) is 16.4. The SMILES string of the molecule is COc1cc(C2c3c(oc4cc(C)c(Cl)cc4c3=O)C(=O)N2CCCO)ccc1O. The van der Waals surface area contributed by atoms with Crippen molar-refractivity contribution in [2.75, 3.05) is 20.3 Å². The third-order valence-corrected chi connectivity index (χ3v) is 5.73. The van der Waals surface area contributed by atoms with Crippen LogP contribution in [0.15, 0.2) is 39.5 Å². The van der Waals surface area contributed by atoms with Gasteiger partial charge >= 0.3 is 0 Å². The molecule has 0 spiro atoms. The Bertz CT molecular complexity index is 1220. The van der Waals surface area contributed by atoms with Gasteiger partial charge in [-0.1, -0.05) is 17.7 Å². The first-order valence-corrected chi connectivity index (χ1v) is 9.80. The number of hydrogen-bond acceptors (Lipinski definition) is 6. The summed E-state index contributed by atoms with van der Waals surface area (Å²) >= 11 is 6.22. The maximum Gasteiger partial charge on any atom is 0.290 e. The Hall–Kier alpha value is -3.03. The van der Waals surface area contributed by atoms with Crippen LogP contribution in [-0.4, -0.2) is 41.3 Å². The number of aliphatic hydroxyl groups is 1. The number of benzene rings is 2. The average molecular weight is 430 g/mol. The van der Waals surface area contributed by atoms with Crippen molar-refractivity contribution in [1.82, 2.24) is 4.90 Å². The van der Waals surface area contributed by atoms with Gasteiger partial charge in [-0.2, -0.15) is 0 Å². The Morgan fingerprint density at radius 2 is 2.00 bits per heavy atom. The molecule has 0 saturated carbocycles. The molecular formula is C22H20ClNO6. The number of hydrogen-bond donors (Lipinski definition) is 2. The summed E-state index contributed by atoms with van der Waals surface area (Å²) in [4.78, 5) is 28.1. The lowest BCUT2D eigenvalue weighted by Gasteiger charge is -2.25. The lowest BCUT2D eigenvalue weighted by molar-refractivity contribution is 0.0716. The number of nitrogens with zero attached hydrogens (tertiary/aromatic N) is 1. The number of ether oxygens (including phenoxy) is 1. The van der Waals surface area contributed by atoms with Crippen LogP contribution >= 0.6 is 11.6 Å². The molecule has 4 rings (SSSR count). The number of aromatic hydroxyl groups is 1. The minimum absolute atomic E-state index is 0.0239. The number of fused-ring (bicyclic) bond motifs is 2. The van der Waals surface area contributed by atoms with E-state index < -0.39 is 11.9 Å². The van der Waals surface area contributed by atoms with Crippen molar-refractivity contribution in [2.45, 2.75) is 19.4 Å². The van der Waals surface area contributed by atoms with Gasteiger partial charge in [-0.25, -0.2) is 0 Å². The number of carbonyl (C=O) groups is 1. The molecule has 2 N–H and O–H groups in total. The predicted octanol–water partition coefficient (Wildman–Crippen LogP) is 3.40. The minimum atomic E-state index is -0.741. The predicted molar refractivity (Wildman–Crippen MR) is 111 cm³/mol. The molecule has 156 valence electrons. The van der Waals surface area contributed by atoms with E-state index in [1.54, 1.807) is 31.2 Å². The van der Waals surface area contributed by atoms with Gasteiger partial charge in [0, 0.05) is 18.2 Å². The molecule has 2 heterocycles. The van der Waals surface area contributed by atoms with Crippen molar-refractivity contribution in [3.8, 4) is 11.5 Å². The molecule has 1 aromatic heterocycles. The number of rotatable bonds is 5. The molecule has 0 radical (unpaired) electrons. The number of aryl methyl sites for hydroxylation is 1. The highest BCUT2D eigenvalue weighted by atomic mass is 35.5. The van der Waals surface area contributed by atoms with Crippen LogP contribution in [0.5, 0.6) is 11.5 Å². The Morgan fingerprint density at radius 1 is 1.23 bits per heavy atom. The van der Waals surface area contributed by atoms with Gasteiger partial charge < -0.3 is 24.3 Å². The molecule has 3 aromatic rings. The maximum atomic E-state index is 13.4. The normalized spacial score (nSPS) is 15.7. The van der Waals surface area contributed by atoms with Crippen LogP contribution in [0, 0.1) is 6.92 Å². The van der Waals surface area contributed by atoms with Gasteiger partial charge in [-0.3, -0.25) is 9.59 Å². The molecule has 8 heteroatoms. The zero-order valence-corrected chi connectivity index (χ0v) is 17.2. The maximum absolute atomic E-state index is 13.4. The first-order valence-electron chi connectivity index (χ1n) is 9.43. The summed E-state index contributed by atoms with van der Waals surface area (Å²) < 4.78 is 11.1. The molecule has 0 bridgehead atoms. The van der Waals surface area contributed by atoms with Crippen molar-refractivity contribution >= 4 is 28.5 Å². The summed E-state index contributed by atoms with van der Waals surface area (Å²) in [5, 5.41) is 20.0. The fraction of sp³-hybridized carbons (Fsp3) is 0.273. The Labute approximate surface area is 177 Å². The van der Waals surface area contributed by atoms with Crippen molar-refractivity contribution in [1.29, 1.82) is 0 Å². The minimum Gasteiger partial charge on any atom is -0.504 e. The zero-order chi connectivity index (χ0) is 21.6. The molecule has 1 aliphatic rings. The van der Waals surface area contributed by atoms with Crippen molar-refractivity contribution in [3.63, 3.8) is 0 Å². The van der Waals surface area contributed by atoms with Gasteiger partial charge in [0.05, 0.1) is 24.1 Å². The van der Waals surface area contributed by atoms with Gasteiger partial charge in [0.15, 0.2) is 16.9 Å². The summed E-state index contributed by atoms with van der Waals surface area (Å²) in [5.41, 5.74) is 1.47. The van der Waals surface area contributed by atoms with E-state index in [-0.39, 0.29) is 46.8 Å². The molecule has 1 aliphatic heterocycles. The number of amides is 1. The monoisotopic (exact) mass is 429 g/mol. The molecule has 7 nitrogen and oxygen atoms in total. The standard InChI is InChI=1S/C22H20ClNO6/c1-11-8-16-13(10-14(11)23)20(27)18-19(12-4-5-15(26)17(9-12)29-2)24(6-3-7-25)22(28)21(18)30-16/h4-5,8-10,19,25-26H,3,6-7H2,1-2H3. The molecule has 1 amide bonds. The lowest BCUT2D eigenvalue weighted by Crippen LogP contribution is -2.31. The molecule has 1 unspecified atom stereocenters. The average Bonchev–Trinajstić information content (AvgIpc) is 3.00.